The van der Waals surface area contributed by atoms with Gasteiger partial charge in [0.05, 0.1) is 18.8 Å². The van der Waals surface area contributed by atoms with Crippen LogP contribution in [-0.2, 0) is 0 Å². The Bertz CT molecular complexity index is 79.8. The Hall–Kier alpha value is -0.120. The summed E-state index contributed by atoms with van der Waals surface area (Å²) in [6.07, 6.45) is 3.65. The molecule has 0 saturated carbocycles. The largest absolute Gasteiger partial charge is 0.394 e. The molecule has 1 atom stereocenters. The first-order valence-corrected chi connectivity index (χ1v) is 6.88. The van der Waals surface area contributed by atoms with Gasteiger partial charge < -0.3 is 15.3 Å². The van der Waals surface area contributed by atoms with Crippen LogP contribution in [-0.4, -0.2) is 34.1 Å². The lowest BCUT2D eigenvalue weighted by atomic mass is 10.2. The second-order valence-electron chi connectivity index (χ2n) is 3.92. The van der Waals surface area contributed by atoms with Crippen molar-refractivity contribution in [1.29, 1.82) is 0 Å². The summed E-state index contributed by atoms with van der Waals surface area (Å²) in [5, 5.41) is 24.7. The Morgan fingerprint density at radius 2 is 0.944 bits per heavy atom. The van der Waals surface area contributed by atoms with Crippen LogP contribution in [0.15, 0.2) is 0 Å². The second kappa shape index (κ2) is 36.0. The van der Waals surface area contributed by atoms with Gasteiger partial charge >= 0.3 is 0 Å². The van der Waals surface area contributed by atoms with Crippen molar-refractivity contribution in [3.05, 3.63) is 0 Å². The maximum absolute atomic E-state index is 8.67. The monoisotopic (exact) mass is 268 g/mol. The van der Waals surface area contributed by atoms with Crippen molar-refractivity contribution in [3.63, 3.8) is 0 Å². The maximum Gasteiger partial charge on any atom is 0.0742 e. The molecule has 0 aromatic carbocycles. The zero-order valence-electron chi connectivity index (χ0n) is 13.0. The highest BCUT2D eigenvalue weighted by Gasteiger charge is 1.90. The first-order chi connectivity index (χ1) is 7.91. The summed E-state index contributed by atoms with van der Waals surface area (Å²) in [6.45, 7) is 13.8. The molecular weight excluding hydrogens is 228 g/mol. The van der Waals surface area contributed by atoms with Crippen molar-refractivity contribution in [2.24, 2.45) is 0 Å². The molecule has 0 bridgehead atoms. The van der Waals surface area contributed by atoms with Crippen molar-refractivity contribution in [3.8, 4) is 0 Å². The Morgan fingerprint density at radius 3 is 0.944 bits per heavy atom. The van der Waals surface area contributed by atoms with E-state index in [-0.39, 0.29) is 20.1 Å². The van der Waals surface area contributed by atoms with Crippen LogP contribution in [0.2, 0.25) is 0 Å². The Morgan fingerprint density at radius 1 is 0.778 bits per heavy atom. The lowest BCUT2D eigenvalue weighted by Gasteiger charge is -1.98. The molecule has 0 rings (SSSR count). The van der Waals surface area contributed by atoms with Gasteiger partial charge in [0.2, 0.25) is 0 Å². The van der Waals surface area contributed by atoms with Gasteiger partial charge in [0.15, 0.2) is 0 Å². The molecule has 0 radical (unpaired) electrons. The predicted octanol–water partition coefficient (Wildman–Crippen LogP) is 4.00. The fourth-order valence-electron chi connectivity index (χ4n) is 0.289. The number of hydrogen-bond donors (Lipinski definition) is 3. The van der Waals surface area contributed by atoms with Crippen LogP contribution in [0.5, 0.6) is 0 Å². The van der Waals surface area contributed by atoms with E-state index in [0.29, 0.717) is 0 Å². The molecule has 0 aromatic rings. The van der Waals surface area contributed by atoms with Crippen LogP contribution in [0.1, 0.15) is 81.6 Å². The van der Waals surface area contributed by atoms with Crippen LogP contribution < -0.4 is 0 Å². The fraction of sp³-hybridized carbons (Fsp3) is 1.00. The van der Waals surface area contributed by atoms with Gasteiger partial charge in [0, 0.05) is 0 Å². The van der Waals surface area contributed by atoms with E-state index in [0.717, 1.165) is 12.8 Å². The summed E-state index contributed by atoms with van der Waals surface area (Å²) >= 11 is 0. The van der Waals surface area contributed by atoms with Crippen molar-refractivity contribution >= 4 is 0 Å². The van der Waals surface area contributed by atoms with E-state index in [9.17, 15) is 0 Å². The Balaban J connectivity index is -0.0000000429. The SMILES string of the molecule is C.CCC.CCC.CCC(O)CC.C[C@H](O)CO. The molecule has 3 N–H and O–H groups in total. The maximum atomic E-state index is 8.67. The van der Waals surface area contributed by atoms with Crippen LogP contribution in [0.3, 0.4) is 0 Å². The standard InChI is InChI=1S/C5H12O.C3H8O2.2C3H8.CH4/c1-3-5(6)4-2;1-3(5)2-4;2*1-3-2;/h5-6H,3-4H2,1-2H3;3-5H,2H2,1H3;2*3H2,1-2H3;1H4/t;3-;;;/m.0.../s1. The zero-order chi connectivity index (χ0) is 14.7. The van der Waals surface area contributed by atoms with E-state index in [4.69, 9.17) is 15.3 Å². The first-order valence-electron chi connectivity index (χ1n) is 6.88. The summed E-state index contributed by atoms with van der Waals surface area (Å²) in [6, 6.07) is 0. The number of aliphatic hydroxyl groups is 3. The minimum absolute atomic E-state index is 0. The molecule has 0 aliphatic rings. The van der Waals surface area contributed by atoms with Crippen molar-refractivity contribution < 1.29 is 15.3 Å². The smallest absolute Gasteiger partial charge is 0.0742 e. The van der Waals surface area contributed by atoms with Gasteiger partial charge in [0.25, 0.3) is 0 Å². The second-order valence-corrected chi connectivity index (χ2v) is 3.92. The zero-order valence-corrected chi connectivity index (χ0v) is 13.0. The molecule has 118 valence electrons. The first kappa shape index (κ1) is 30.7. The third-order valence-corrected chi connectivity index (χ3v) is 1.21. The highest BCUT2D eigenvalue weighted by atomic mass is 16.3. The fourth-order valence-corrected chi connectivity index (χ4v) is 0.289. The van der Waals surface area contributed by atoms with Gasteiger partial charge in [0.1, 0.15) is 0 Å². The van der Waals surface area contributed by atoms with Gasteiger partial charge in [-0.1, -0.05) is 61.8 Å². The van der Waals surface area contributed by atoms with Crippen molar-refractivity contribution in [1.82, 2.24) is 0 Å². The average molecular weight is 268 g/mol. The normalized spacial score (nSPS) is 9.50. The quantitative estimate of drug-likeness (QED) is 0.725. The van der Waals surface area contributed by atoms with Gasteiger partial charge in [-0.05, 0) is 19.8 Å². The molecule has 0 aliphatic heterocycles. The third-order valence-electron chi connectivity index (χ3n) is 1.21. The average Bonchev–Trinajstić information content (AvgIpc) is 2.30. The topological polar surface area (TPSA) is 60.7 Å². The molecule has 0 aliphatic carbocycles. The van der Waals surface area contributed by atoms with Crippen LogP contribution in [0.4, 0.5) is 0 Å². The van der Waals surface area contributed by atoms with E-state index in [1.54, 1.807) is 0 Å². The van der Waals surface area contributed by atoms with E-state index < -0.39 is 6.10 Å². The predicted molar refractivity (Wildman–Crippen MR) is 84.0 cm³/mol. The van der Waals surface area contributed by atoms with E-state index >= 15 is 0 Å². The minimum Gasteiger partial charge on any atom is -0.394 e. The summed E-state index contributed by atoms with van der Waals surface area (Å²) in [5.41, 5.74) is 0. The molecule has 18 heavy (non-hydrogen) atoms. The van der Waals surface area contributed by atoms with E-state index in [1.165, 1.54) is 19.8 Å². The van der Waals surface area contributed by atoms with E-state index in [2.05, 4.69) is 27.7 Å². The summed E-state index contributed by atoms with van der Waals surface area (Å²) in [4.78, 5) is 0. The molecule has 0 amide bonds. The third kappa shape index (κ3) is 102. The van der Waals surface area contributed by atoms with Crippen LogP contribution in [0, 0.1) is 0 Å². The lowest BCUT2D eigenvalue weighted by molar-refractivity contribution is 0.110. The van der Waals surface area contributed by atoms with Gasteiger partial charge in [-0.15, -0.1) is 0 Å². The molecule has 3 nitrogen and oxygen atoms in total. The summed E-state index contributed by atoms with van der Waals surface area (Å²) in [7, 11) is 0. The lowest BCUT2D eigenvalue weighted by Crippen LogP contribution is -2.03. The molecular formula is C15H40O3. The number of rotatable bonds is 3. The number of aliphatic hydroxyl groups excluding tert-OH is 3. The molecule has 0 fully saturated rings. The molecule has 3 heteroatoms. The highest BCUT2D eigenvalue weighted by Crippen LogP contribution is 1.91. The van der Waals surface area contributed by atoms with Gasteiger partial charge in [-0.3, -0.25) is 0 Å². The molecule has 0 aromatic heterocycles. The van der Waals surface area contributed by atoms with Crippen LogP contribution in [0.25, 0.3) is 0 Å². The number of hydrogen-bond acceptors (Lipinski definition) is 3. The van der Waals surface area contributed by atoms with Crippen molar-refractivity contribution in [2.75, 3.05) is 6.61 Å². The molecule has 0 unspecified atom stereocenters. The summed E-state index contributed by atoms with van der Waals surface area (Å²) in [5.74, 6) is 0. The molecule has 0 heterocycles. The molecule has 0 saturated heterocycles. The highest BCUT2D eigenvalue weighted by molar-refractivity contribution is 4.43. The molecule has 0 spiro atoms. The van der Waals surface area contributed by atoms with Crippen molar-refractivity contribution in [2.45, 2.75) is 93.8 Å². The Labute approximate surface area is 116 Å². The van der Waals surface area contributed by atoms with Gasteiger partial charge in [-0.2, -0.15) is 0 Å². The minimum atomic E-state index is -0.560. The Kier molecular flexibility index (Phi) is 61.4. The van der Waals surface area contributed by atoms with Crippen LogP contribution >= 0.6 is 0 Å². The van der Waals surface area contributed by atoms with E-state index in [1.807, 2.05) is 13.8 Å². The summed E-state index contributed by atoms with van der Waals surface area (Å²) < 4.78 is 0. The van der Waals surface area contributed by atoms with Gasteiger partial charge in [-0.25, -0.2) is 0 Å².